The number of nitrogens with two attached hydrogens (primary N) is 1. The number of methoxy groups -OCH3 is 1. The van der Waals surface area contributed by atoms with Crippen molar-refractivity contribution in [1.82, 2.24) is 0 Å². The molecule has 248 valence electrons. The normalized spacial score (nSPS) is 34.0. The fourth-order valence-corrected chi connectivity index (χ4v) is 7.23. The van der Waals surface area contributed by atoms with Crippen LogP contribution in [0.1, 0.15) is 68.8 Å². The number of anilines is 1. The first-order valence-corrected chi connectivity index (χ1v) is 14.9. The van der Waals surface area contributed by atoms with E-state index in [0.29, 0.717) is 0 Å². The lowest BCUT2D eigenvalue weighted by Crippen LogP contribution is -2.67. The molecule has 2 unspecified atom stereocenters. The number of ketones is 3. The number of hydrogen-bond donors (Lipinski definition) is 6. The number of hydroxylamine groups is 3. The highest BCUT2D eigenvalue weighted by molar-refractivity contribution is 6.32. The fraction of sp³-hybridized carbons (Fsp3) is 0.516. The maximum atomic E-state index is 14.0. The second-order valence-electron chi connectivity index (χ2n) is 12.3. The van der Waals surface area contributed by atoms with E-state index < -0.39 is 107 Å². The van der Waals surface area contributed by atoms with Crippen molar-refractivity contribution in [2.24, 2.45) is 0 Å². The molecule has 2 heterocycles. The Morgan fingerprint density at radius 1 is 1.15 bits per heavy atom. The molecule has 0 aromatic heterocycles. The maximum Gasteiger partial charge on any atom is 0.207 e. The summed E-state index contributed by atoms with van der Waals surface area (Å²) >= 11 is 0. The fourth-order valence-electron chi connectivity index (χ4n) is 7.23. The van der Waals surface area contributed by atoms with Crippen LogP contribution in [0.2, 0.25) is 0 Å². The summed E-state index contributed by atoms with van der Waals surface area (Å²) in [4.78, 5) is 40.1. The molecule has 2 aromatic carbocycles. The lowest BCUT2D eigenvalue weighted by molar-refractivity contribution is -0.926. The molecular formula is C31H36N2O13. The third-order valence-electron chi connectivity index (χ3n) is 9.68. The van der Waals surface area contributed by atoms with Crippen LogP contribution in [0.4, 0.5) is 5.69 Å². The van der Waals surface area contributed by atoms with Gasteiger partial charge in [0.1, 0.15) is 48.9 Å². The third-order valence-corrected chi connectivity index (χ3v) is 9.68. The summed E-state index contributed by atoms with van der Waals surface area (Å²) < 4.78 is 21.9. The maximum absolute atomic E-state index is 14.0. The van der Waals surface area contributed by atoms with Crippen LogP contribution >= 0.6 is 0 Å². The summed E-state index contributed by atoms with van der Waals surface area (Å²) in [5.41, 5.74) is 1.97. The first kappa shape index (κ1) is 32.4. The van der Waals surface area contributed by atoms with E-state index >= 15 is 0 Å². The van der Waals surface area contributed by atoms with Gasteiger partial charge < -0.3 is 60.1 Å². The zero-order chi connectivity index (χ0) is 33.3. The first-order valence-electron chi connectivity index (χ1n) is 14.9. The van der Waals surface area contributed by atoms with Gasteiger partial charge >= 0.3 is 0 Å². The number of carbonyl (C=O) groups excluding carboxylic acids is 3. The van der Waals surface area contributed by atoms with Crippen molar-refractivity contribution in [2.45, 2.75) is 68.7 Å². The molecule has 15 nitrogen and oxygen atoms in total. The van der Waals surface area contributed by atoms with Crippen LogP contribution in [0, 0.1) is 5.21 Å². The minimum atomic E-state index is -2.32. The number of morpholine rings is 1. The van der Waals surface area contributed by atoms with E-state index in [1.165, 1.54) is 25.3 Å². The topological polar surface area (TPSA) is 238 Å². The Labute approximate surface area is 262 Å². The lowest BCUT2D eigenvalue weighted by atomic mass is 9.72. The standard InChI is InChI=1S/C31H36N2O13/c1-13-26(36)17(33(42)6-7-44-21(11-33)43-2)8-20(45-13)46-18-10-31(41,19(35)12-34)9-15-23(18)30(40)25-24(28(15)38)27(37)14-4-3-5-16(32)22(14)29(25)39/h3-5,13,17-18,20-21,26,34,36,38,40-41H,6-12,32H2,1-2H3/t13-,17?,18-,20-,21-,26+,31-,33?/m0/s1. The molecule has 0 bridgehead atoms. The van der Waals surface area contributed by atoms with Crippen molar-refractivity contribution < 1.29 is 63.5 Å². The zero-order valence-corrected chi connectivity index (χ0v) is 25.2. The van der Waals surface area contributed by atoms with Gasteiger partial charge in [-0.15, -0.1) is 0 Å². The van der Waals surface area contributed by atoms with Crippen LogP contribution < -0.4 is 5.73 Å². The van der Waals surface area contributed by atoms with Gasteiger partial charge in [0, 0.05) is 42.3 Å². The SMILES string of the molecule is CO[C@@H]1C[N+]([O-])(C2C[C@H](O[C@H]3C[C@](O)(C(=O)CO)Cc4c(O)c5c(c(O)c43)C(=O)c3c(N)cccc3C5=O)O[C@@H](C)[C@H]2O)CCO1. The Bertz CT molecular complexity index is 1610. The van der Waals surface area contributed by atoms with Crippen LogP contribution in [0.3, 0.4) is 0 Å². The van der Waals surface area contributed by atoms with Crippen molar-refractivity contribution in [3.8, 4) is 11.5 Å². The van der Waals surface area contributed by atoms with Crippen LogP contribution in [-0.4, -0.2) is 117 Å². The van der Waals surface area contributed by atoms with E-state index in [4.69, 9.17) is 24.7 Å². The number of rotatable bonds is 6. The highest BCUT2D eigenvalue weighted by Gasteiger charge is 2.52. The molecular weight excluding hydrogens is 608 g/mol. The molecule has 2 saturated heterocycles. The number of aromatic hydroxyl groups is 2. The van der Waals surface area contributed by atoms with Crippen molar-refractivity contribution in [1.29, 1.82) is 0 Å². The number of carbonyl (C=O) groups is 3. The number of quaternary nitrogens is 1. The zero-order valence-electron chi connectivity index (χ0n) is 25.2. The number of aliphatic hydroxyl groups excluding tert-OH is 2. The molecule has 46 heavy (non-hydrogen) atoms. The molecule has 0 radical (unpaired) electrons. The smallest absolute Gasteiger partial charge is 0.207 e. The number of hydrogen-bond acceptors (Lipinski definition) is 14. The van der Waals surface area contributed by atoms with E-state index in [9.17, 15) is 45.1 Å². The highest BCUT2D eigenvalue weighted by Crippen LogP contribution is 2.52. The Hall–Kier alpha value is -3.51. The number of aliphatic hydroxyl groups is 3. The van der Waals surface area contributed by atoms with Crippen molar-refractivity contribution >= 4 is 23.0 Å². The summed E-state index contributed by atoms with van der Waals surface area (Å²) in [6.07, 6.45) is -6.96. The first-order chi connectivity index (χ1) is 21.7. The van der Waals surface area contributed by atoms with Gasteiger partial charge in [-0.05, 0) is 13.0 Å². The lowest BCUT2D eigenvalue weighted by Gasteiger charge is -2.56. The molecule has 2 aliphatic heterocycles. The number of benzene rings is 2. The number of ether oxygens (including phenoxy) is 4. The molecule has 7 N–H and O–H groups in total. The van der Waals surface area contributed by atoms with Crippen molar-refractivity contribution in [2.75, 3.05) is 39.1 Å². The van der Waals surface area contributed by atoms with Crippen molar-refractivity contribution in [3.05, 3.63) is 56.8 Å². The Morgan fingerprint density at radius 2 is 1.87 bits per heavy atom. The van der Waals surface area contributed by atoms with E-state index in [1.54, 1.807) is 6.92 Å². The number of phenolic OH excluding ortho intramolecular Hbond substituents is 2. The Balaban J connectivity index is 1.43. The monoisotopic (exact) mass is 644 g/mol. The summed E-state index contributed by atoms with van der Waals surface area (Å²) in [6.45, 7) is 0.455. The van der Waals surface area contributed by atoms with Crippen LogP contribution in [0.25, 0.3) is 0 Å². The predicted octanol–water partition coefficient (Wildman–Crippen LogP) is -0.0665. The second kappa shape index (κ2) is 11.6. The number of nitrogens with zero attached hydrogens (tertiary/aromatic N) is 1. The summed E-state index contributed by atoms with van der Waals surface area (Å²) in [6, 6.07) is 3.25. The molecule has 2 fully saturated rings. The van der Waals surface area contributed by atoms with Gasteiger partial charge in [0.2, 0.25) is 6.29 Å². The molecule has 0 saturated carbocycles. The average Bonchev–Trinajstić information content (AvgIpc) is 3.02. The van der Waals surface area contributed by atoms with Gasteiger partial charge in [-0.25, -0.2) is 0 Å². The van der Waals surface area contributed by atoms with E-state index in [1.807, 2.05) is 0 Å². The van der Waals surface area contributed by atoms with Gasteiger partial charge in [0.15, 0.2) is 23.6 Å². The highest BCUT2D eigenvalue weighted by atomic mass is 16.7. The van der Waals surface area contributed by atoms with Crippen molar-refractivity contribution in [3.63, 3.8) is 0 Å². The average molecular weight is 645 g/mol. The molecule has 2 aliphatic carbocycles. The molecule has 4 aliphatic rings. The molecule has 2 aromatic rings. The second-order valence-corrected chi connectivity index (χ2v) is 12.3. The van der Waals surface area contributed by atoms with E-state index in [-0.39, 0.29) is 54.1 Å². The number of phenols is 2. The minimum Gasteiger partial charge on any atom is -0.632 e. The predicted molar refractivity (Wildman–Crippen MR) is 156 cm³/mol. The molecule has 15 heteroatoms. The van der Waals surface area contributed by atoms with Crippen LogP contribution in [0.15, 0.2) is 18.2 Å². The van der Waals surface area contributed by atoms with Crippen LogP contribution in [-0.2, 0) is 30.2 Å². The van der Waals surface area contributed by atoms with Gasteiger partial charge in [-0.3, -0.25) is 14.4 Å². The summed E-state index contributed by atoms with van der Waals surface area (Å²) in [5, 5.41) is 69.2. The van der Waals surface area contributed by atoms with Gasteiger partial charge in [-0.2, -0.15) is 0 Å². The molecule has 6 rings (SSSR count). The number of Topliss-reactive ketones (excluding diaryl/α,β-unsaturated/α-hetero) is 1. The number of fused-ring (bicyclic) bond motifs is 3. The van der Waals surface area contributed by atoms with Crippen LogP contribution in [0.5, 0.6) is 11.5 Å². The Morgan fingerprint density at radius 3 is 2.57 bits per heavy atom. The minimum absolute atomic E-state index is 0.0135. The van der Waals surface area contributed by atoms with Gasteiger partial charge in [-0.1, -0.05) is 12.1 Å². The summed E-state index contributed by atoms with van der Waals surface area (Å²) in [7, 11) is 1.40. The molecule has 0 spiro atoms. The van der Waals surface area contributed by atoms with E-state index in [0.717, 1.165) is 0 Å². The largest absolute Gasteiger partial charge is 0.632 e. The third kappa shape index (κ3) is 4.99. The Kier molecular flexibility index (Phi) is 8.20. The van der Waals surface area contributed by atoms with Gasteiger partial charge in [0.05, 0.1) is 41.9 Å². The van der Waals surface area contributed by atoms with Gasteiger partial charge in [0.25, 0.3) is 0 Å². The molecule has 0 amide bonds. The number of nitrogen functional groups attached to an aromatic ring is 1. The van der Waals surface area contributed by atoms with E-state index in [2.05, 4.69) is 0 Å². The quantitative estimate of drug-likeness (QED) is 0.0892. The molecule has 8 atom stereocenters. The summed E-state index contributed by atoms with van der Waals surface area (Å²) in [5.74, 6) is -4.12.